The lowest BCUT2D eigenvalue weighted by molar-refractivity contribution is -0.185. The van der Waals surface area contributed by atoms with Crippen LogP contribution in [0.4, 0.5) is 37.7 Å². The fraction of sp³-hybridized carbons (Fsp3) is 0.222. The van der Waals surface area contributed by atoms with Gasteiger partial charge in [0.05, 0.1) is 12.2 Å². The minimum atomic E-state index is -4.38. The average Bonchev–Trinajstić information content (AvgIpc) is 2.84. The van der Waals surface area contributed by atoms with Gasteiger partial charge in [-0.25, -0.2) is 9.18 Å². The molecule has 3 aromatic rings. The third-order valence-electron chi connectivity index (χ3n) is 5.09. The molecule has 0 radical (unpaired) electrons. The molecule has 208 valence electrons. The summed E-state index contributed by atoms with van der Waals surface area (Å²) < 4.78 is 94.5. The summed E-state index contributed by atoms with van der Waals surface area (Å²) in [6, 6.07) is 12.3. The molecule has 0 aliphatic rings. The van der Waals surface area contributed by atoms with E-state index in [0.717, 1.165) is 18.2 Å². The molecule has 0 saturated carbocycles. The van der Waals surface area contributed by atoms with Crippen molar-refractivity contribution >= 4 is 23.4 Å². The van der Waals surface area contributed by atoms with Gasteiger partial charge in [0.25, 0.3) is 0 Å². The van der Waals surface area contributed by atoms with Crippen molar-refractivity contribution in [1.82, 2.24) is 0 Å². The van der Waals surface area contributed by atoms with Crippen molar-refractivity contribution < 1.29 is 45.3 Å². The number of alkyl halides is 5. The van der Waals surface area contributed by atoms with Crippen molar-refractivity contribution in [1.29, 1.82) is 0 Å². The quantitative estimate of drug-likeness (QED) is 0.0912. The van der Waals surface area contributed by atoms with E-state index in [2.05, 4.69) is 0 Å². The number of hydrogen-bond acceptors (Lipinski definition) is 6. The molecule has 0 spiro atoms. The van der Waals surface area contributed by atoms with E-state index < -0.39 is 54.8 Å². The average molecular weight is 554 g/mol. The SMILES string of the molecule is Nc1cc(N)cc(COC(=O)/C=C/c2ccc(OC(F)(F)c3ccc(OCCCC(F)(F)F)c(F)c3)cc2)c1. The molecule has 39 heavy (non-hydrogen) atoms. The van der Waals surface area contributed by atoms with Crippen LogP contribution in [0.25, 0.3) is 6.08 Å². The number of rotatable bonds is 11. The van der Waals surface area contributed by atoms with Crippen LogP contribution in [0, 0.1) is 5.82 Å². The van der Waals surface area contributed by atoms with E-state index in [1.807, 2.05) is 0 Å². The maximum absolute atomic E-state index is 14.6. The molecule has 0 amide bonds. The van der Waals surface area contributed by atoms with Gasteiger partial charge in [0.2, 0.25) is 0 Å². The van der Waals surface area contributed by atoms with Gasteiger partial charge < -0.3 is 25.7 Å². The fourth-order valence-electron chi connectivity index (χ4n) is 3.30. The first-order valence-electron chi connectivity index (χ1n) is 11.5. The van der Waals surface area contributed by atoms with Crippen molar-refractivity contribution in [2.75, 3.05) is 18.1 Å². The zero-order chi connectivity index (χ0) is 28.6. The molecule has 6 nitrogen and oxygen atoms in total. The Morgan fingerprint density at radius 3 is 2.18 bits per heavy atom. The number of carbonyl (C=O) groups is 1. The van der Waals surface area contributed by atoms with Crippen LogP contribution in [0.2, 0.25) is 0 Å². The summed E-state index contributed by atoms with van der Waals surface area (Å²) >= 11 is 0. The van der Waals surface area contributed by atoms with Crippen LogP contribution in [0.3, 0.4) is 0 Å². The molecular weight excluding hydrogens is 530 g/mol. The topological polar surface area (TPSA) is 96.8 Å². The number of anilines is 2. The van der Waals surface area contributed by atoms with Crippen LogP contribution < -0.4 is 20.9 Å². The number of hydrogen-bond donors (Lipinski definition) is 2. The first-order valence-corrected chi connectivity index (χ1v) is 11.5. The van der Waals surface area contributed by atoms with E-state index in [9.17, 15) is 31.1 Å². The van der Waals surface area contributed by atoms with Crippen LogP contribution >= 0.6 is 0 Å². The standard InChI is InChI=1S/C27H24F6N2O4/c28-23-14-19(5-8-24(23)37-11-1-10-26(29,30)31)27(32,33)39-22-6-2-17(3-7-22)4-9-25(36)38-16-18-12-20(34)15-21(35)13-18/h2-9,12-15H,1,10-11,16,34-35H2/b9-4+. The molecule has 0 aliphatic heterocycles. The number of nitrogen functional groups attached to an aromatic ring is 2. The van der Waals surface area contributed by atoms with E-state index in [4.69, 9.17) is 25.7 Å². The fourth-order valence-corrected chi connectivity index (χ4v) is 3.30. The summed E-state index contributed by atoms with van der Waals surface area (Å²) in [5.41, 5.74) is 12.5. The first-order chi connectivity index (χ1) is 18.3. The lowest BCUT2D eigenvalue weighted by atomic mass is 10.2. The Morgan fingerprint density at radius 1 is 0.897 bits per heavy atom. The van der Waals surface area contributed by atoms with Gasteiger partial charge in [-0.2, -0.15) is 22.0 Å². The van der Waals surface area contributed by atoms with E-state index in [0.29, 0.717) is 28.6 Å². The zero-order valence-electron chi connectivity index (χ0n) is 20.3. The minimum absolute atomic E-state index is 0.0496. The summed E-state index contributed by atoms with van der Waals surface area (Å²) in [6.45, 7) is -0.482. The molecule has 0 aliphatic carbocycles. The van der Waals surface area contributed by atoms with Gasteiger partial charge in [0.15, 0.2) is 11.6 Å². The second-order valence-electron chi connectivity index (χ2n) is 8.35. The van der Waals surface area contributed by atoms with E-state index in [1.165, 1.54) is 30.3 Å². The normalized spacial score (nSPS) is 11.9. The molecule has 4 N–H and O–H groups in total. The summed E-state index contributed by atoms with van der Waals surface area (Å²) in [7, 11) is 0. The van der Waals surface area contributed by atoms with Crippen molar-refractivity contribution in [2.24, 2.45) is 0 Å². The lowest BCUT2D eigenvalue weighted by Gasteiger charge is -2.19. The van der Waals surface area contributed by atoms with E-state index in [-0.39, 0.29) is 12.4 Å². The highest BCUT2D eigenvalue weighted by molar-refractivity contribution is 5.87. The minimum Gasteiger partial charge on any atom is -0.491 e. The maximum atomic E-state index is 14.6. The van der Waals surface area contributed by atoms with Crippen molar-refractivity contribution in [3.63, 3.8) is 0 Å². The predicted octanol–water partition coefficient (Wildman–Crippen LogP) is 6.60. The van der Waals surface area contributed by atoms with Crippen LogP contribution in [0.15, 0.2) is 66.7 Å². The maximum Gasteiger partial charge on any atom is 0.426 e. The predicted molar refractivity (Wildman–Crippen MR) is 132 cm³/mol. The van der Waals surface area contributed by atoms with Gasteiger partial charge >= 0.3 is 18.3 Å². The number of benzene rings is 3. The number of ether oxygens (including phenoxy) is 3. The third-order valence-corrected chi connectivity index (χ3v) is 5.09. The molecule has 0 unspecified atom stereocenters. The van der Waals surface area contributed by atoms with Crippen molar-refractivity contribution in [2.45, 2.75) is 31.7 Å². The van der Waals surface area contributed by atoms with Gasteiger partial charge in [-0.05, 0) is 72.2 Å². The van der Waals surface area contributed by atoms with Gasteiger partial charge in [-0.1, -0.05) is 12.1 Å². The zero-order valence-corrected chi connectivity index (χ0v) is 20.3. The Balaban J connectivity index is 1.53. The number of halogens is 6. The molecule has 3 aromatic carbocycles. The first kappa shape index (κ1) is 29.2. The molecule has 12 heteroatoms. The molecular formula is C27H24F6N2O4. The Bertz CT molecular complexity index is 1290. The van der Waals surface area contributed by atoms with Gasteiger partial charge in [0, 0.05) is 23.9 Å². The molecule has 0 heterocycles. The Labute approximate surface area is 219 Å². The Kier molecular flexibility index (Phi) is 9.33. The molecule has 3 rings (SSSR count). The summed E-state index contributed by atoms with van der Waals surface area (Å²) in [6.07, 6.45) is -7.27. The number of nitrogens with two attached hydrogens (primary N) is 2. The summed E-state index contributed by atoms with van der Waals surface area (Å²) in [5, 5.41) is 0. The molecule has 0 aromatic heterocycles. The molecule has 0 atom stereocenters. The van der Waals surface area contributed by atoms with Gasteiger partial charge in [-0.3, -0.25) is 0 Å². The van der Waals surface area contributed by atoms with E-state index in [1.54, 1.807) is 18.2 Å². The highest BCUT2D eigenvalue weighted by Gasteiger charge is 2.35. The van der Waals surface area contributed by atoms with Crippen LogP contribution in [0.5, 0.6) is 11.5 Å². The Morgan fingerprint density at radius 2 is 1.56 bits per heavy atom. The Hall–Kier alpha value is -4.35. The summed E-state index contributed by atoms with van der Waals surface area (Å²) in [5.74, 6) is -2.53. The largest absolute Gasteiger partial charge is 0.491 e. The van der Waals surface area contributed by atoms with Crippen molar-refractivity contribution in [3.05, 3.63) is 89.2 Å². The molecule has 0 bridgehead atoms. The molecule has 0 fully saturated rings. The highest BCUT2D eigenvalue weighted by Crippen LogP contribution is 2.34. The van der Waals surface area contributed by atoms with Crippen LogP contribution in [0.1, 0.15) is 29.5 Å². The summed E-state index contributed by atoms with van der Waals surface area (Å²) in [4.78, 5) is 12.0. The van der Waals surface area contributed by atoms with Crippen LogP contribution in [-0.2, 0) is 22.2 Å². The van der Waals surface area contributed by atoms with Gasteiger partial charge in [0.1, 0.15) is 12.4 Å². The van der Waals surface area contributed by atoms with E-state index >= 15 is 0 Å². The molecule has 0 saturated heterocycles. The lowest BCUT2D eigenvalue weighted by Crippen LogP contribution is -2.22. The third kappa shape index (κ3) is 9.47. The monoisotopic (exact) mass is 554 g/mol. The second-order valence-corrected chi connectivity index (χ2v) is 8.35. The second kappa shape index (κ2) is 12.5. The number of esters is 1. The highest BCUT2D eigenvalue weighted by atomic mass is 19.4. The smallest absolute Gasteiger partial charge is 0.426 e. The van der Waals surface area contributed by atoms with Crippen molar-refractivity contribution in [3.8, 4) is 11.5 Å². The number of carbonyl (C=O) groups excluding carboxylic acids is 1. The van der Waals surface area contributed by atoms with Gasteiger partial charge in [-0.15, -0.1) is 0 Å². The van der Waals surface area contributed by atoms with Crippen LogP contribution in [-0.4, -0.2) is 18.8 Å².